The molecule has 0 spiro atoms. The second-order valence-corrected chi connectivity index (χ2v) is 14.5. The van der Waals surface area contributed by atoms with Crippen LogP contribution in [-0.2, 0) is 10.8 Å². The molecule has 0 N–H and O–H groups in total. The molecule has 0 aliphatic heterocycles. The van der Waals surface area contributed by atoms with Gasteiger partial charge in [0.2, 0.25) is 0 Å². The van der Waals surface area contributed by atoms with Gasteiger partial charge >= 0.3 is 0 Å². The van der Waals surface area contributed by atoms with Gasteiger partial charge in [0.1, 0.15) is 0 Å². The highest BCUT2D eigenvalue weighted by Crippen LogP contribution is 2.57. The first-order valence-corrected chi connectivity index (χ1v) is 17.3. The van der Waals surface area contributed by atoms with E-state index >= 15 is 0 Å². The standard InChI is InChI=1S/C47H46N2/c1-10-16-32(4)48(33(5)17-11-2)36-22-24-38-40-29-45-41(30-44(40)46(6,7)42(38)27-36)39-25-23-37(28-43(39)47(45,8)9)49(34-19-13-12-14-20-34)35-21-15-18-31(3)26-35/h10-30H,1,5H2,2-4,6-9H3/b17-11-,32-16+. The maximum atomic E-state index is 4.39. The molecule has 7 rings (SSSR count). The molecule has 2 aliphatic rings. The number of hydrogen-bond donors (Lipinski definition) is 0. The van der Waals surface area contributed by atoms with Gasteiger partial charge in [-0.05, 0) is 144 Å². The largest absolute Gasteiger partial charge is 0.315 e. The second kappa shape index (κ2) is 12.0. The van der Waals surface area contributed by atoms with E-state index in [0.29, 0.717) is 0 Å². The van der Waals surface area contributed by atoms with Gasteiger partial charge in [-0.25, -0.2) is 0 Å². The fourth-order valence-electron chi connectivity index (χ4n) is 8.12. The van der Waals surface area contributed by atoms with E-state index in [1.807, 2.05) is 25.2 Å². The van der Waals surface area contributed by atoms with Gasteiger partial charge < -0.3 is 9.80 Å². The highest BCUT2D eigenvalue weighted by Gasteiger charge is 2.42. The van der Waals surface area contributed by atoms with Gasteiger partial charge in [-0.3, -0.25) is 0 Å². The SMILES string of the molecule is C=C/C=C(\C)N(C(=C)/C=C\C)c1ccc2c(c1)C(C)(C)c1cc3c(cc1-2)C(C)(C)c1cc(N(c2ccccc2)c2cccc(C)c2)ccc1-3. The Labute approximate surface area is 293 Å². The van der Waals surface area contributed by atoms with Crippen LogP contribution in [0.2, 0.25) is 0 Å². The van der Waals surface area contributed by atoms with E-state index in [-0.39, 0.29) is 10.8 Å². The summed E-state index contributed by atoms with van der Waals surface area (Å²) in [6.45, 7) is 24.1. The normalized spacial score (nSPS) is 15.0. The third kappa shape index (κ3) is 5.18. The third-order valence-corrected chi connectivity index (χ3v) is 10.6. The molecule has 5 aromatic carbocycles. The van der Waals surface area contributed by atoms with Crippen LogP contribution in [0, 0.1) is 6.92 Å². The summed E-state index contributed by atoms with van der Waals surface area (Å²) in [5.41, 5.74) is 18.4. The van der Waals surface area contributed by atoms with Crippen LogP contribution in [-0.4, -0.2) is 0 Å². The molecule has 0 unspecified atom stereocenters. The minimum absolute atomic E-state index is 0.162. The topological polar surface area (TPSA) is 6.48 Å². The van der Waals surface area contributed by atoms with E-state index in [2.05, 4.69) is 174 Å². The summed E-state index contributed by atoms with van der Waals surface area (Å²) < 4.78 is 0. The maximum absolute atomic E-state index is 4.39. The number of fused-ring (bicyclic) bond motifs is 6. The van der Waals surface area contributed by atoms with E-state index in [9.17, 15) is 0 Å². The number of aryl methyl sites for hydroxylation is 1. The van der Waals surface area contributed by atoms with Gasteiger partial charge in [-0.2, -0.15) is 0 Å². The Kier molecular flexibility index (Phi) is 7.87. The molecule has 0 bridgehead atoms. The fraction of sp³-hybridized carbons (Fsp3) is 0.191. The molecule has 0 fully saturated rings. The number of benzene rings is 5. The van der Waals surface area contributed by atoms with Crippen molar-refractivity contribution >= 4 is 22.7 Å². The third-order valence-electron chi connectivity index (χ3n) is 10.6. The van der Waals surface area contributed by atoms with Crippen molar-refractivity contribution in [2.24, 2.45) is 0 Å². The number of nitrogens with zero attached hydrogens (tertiary/aromatic N) is 2. The van der Waals surface area contributed by atoms with Crippen molar-refractivity contribution in [1.29, 1.82) is 0 Å². The van der Waals surface area contributed by atoms with Gasteiger partial charge in [-0.15, -0.1) is 0 Å². The lowest BCUT2D eigenvalue weighted by molar-refractivity contribution is 0.652. The highest BCUT2D eigenvalue weighted by molar-refractivity contribution is 5.92. The average Bonchev–Trinajstić information content (AvgIpc) is 3.43. The Morgan fingerprint density at radius 1 is 0.612 bits per heavy atom. The Hall–Kier alpha value is -5.34. The monoisotopic (exact) mass is 638 g/mol. The smallest absolute Gasteiger partial charge is 0.0465 e. The Morgan fingerprint density at radius 3 is 1.71 bits per heavy atom. The number of para-hydroxylation sites is 1. The summed E-state index contributed by atoms with van der Waals surface area (Å²) >= 11 is 0. The zero-order chi connectivity index (χ0) is 34.7. The molecule has 5 aromatic rings. The first-order valence-electron chi connectivity index (χ1n) is 17.3. The summed E-state index contributed by atoms with van der Waals surface area (Å²) in [5.74, 6) is 0. The second-order valence-electron chi connectivity index (χ2n) is 14.5. The molecule has 0 amide bonds. The van der Waals surface area contributed by atoms with Crippen LogP contribution in [0.15, 0.2) is 152 Å². The van der Waals surface area contributed by atoms with Crippen LogP contribution < -0.4 is 9.80 Å². The highest BCUT2D eigenvalue weighted by atomic mass is 15.1. The molecule has 49 heavy (non-hydrogen) atoms. The molecule has 2 nitrogen and oxygen atoms in total. The van der Waals surface area contributed by atoms with Crippen molar-refractivity contribution in [2.45, 2.75) is 59.3 Å². The van der Waals surface area contributed by atoms with E-state index in [4.69, 9.17) is 0 Å². The summed E-state index contributed by atoms with van der Waals surface area (Å²) in [5, 5.41) is 0. The summed E-state index contributed by atoms with van der Waals surface area (Å²) in [6.07, 6.45) is 7.97. The van der Waals surface area contributed by atoms with Gasteiger partial charge in [0.25, 0.3) is 0 Å². The Bertz CT molecular complexity index is 2190. The fourth-order valence-corrected chi connectivity index (χ4v) is 8.12. The Balaban J connectivity index is 1.34. The van der Waals surface area contributed by atoms with Gasteiger partial charge in [0.05, 0.1) is 0 Å². The number of hydrogen-bond acceptors (Lipinski definition) is 2. The van der Waals surface area contributed by atoms with Gasteiger partial charge in [-0.1, -0.05) is 95.5 Å². The molecular formula is C47H46N2. The van der Waals surface area contributed by atoms with Crippen LogP contribution >= 0.6 is 0 Å². The zero-order valence-electron chi connectivity index (χ0n) is 29.9. The molecule has 0 radical (unpaired) electrons. The molecule has 2 heteroatoms. The van der Waals surface area contributed by atoms with E-state index in [1.165, 1.54) is 61.4 Å². The van der Waals surface area contributed by atoms with E-state index in [1.54, 1.807) is 0 Å². The predicted molar refractivity (Wildman–Crippen MR) is 211 cm³/mol. The molecule has 0 aromatic heterocycles. The molecule has 0 saturated carbocycles. The summed E-state index contributed by atoms with van der Waals surface area (Å²) in [7, 11) is 0. The van der Waals surface area contributed by atoms with Crippen molar-refractivity contribution in [3.8, 4) is 22.3 Å². The van der Waals surface area contributed by atoms with Crippen molar-refractivity contribution in [1.82, 2.24) is 0 Å². The number of allylic oxidation sites excluding steroid dienone is 5. The molecule has 244 valence electrons. The van der Waals surface area contributed by atoms with Gasteiger partial charge in [0.15, 0.2) is 0 Å². The maximum Gasteiger partial charge on any atom is 0.0465 e. The van der Waals surface area contributed by atoms with Crippen molar-refractivity contribution < 1.29 is 0 Å². The molecular weight excluding hydrogens is 593 g/mol. The lowest BCUT2D eigenvalue weighted by Gasteiger charge is -2.28. The summed E-state index contributed by atoms with van der Waals surface area (Å²) in [6, 6.07) is 38.4. The van der Waals surface area contributed by atoms with E-state index < -0.39 is 0 Å². The van der Waals surface area contributed by atoms with Crippen molar-refractivity contribution in [3.05, 3.63) is 180 Å². The van der Waals surface area contributed by atoms with Crippen molar-refractivity contribution in [3.63, 3.8) is 0 Å². The minimum Gasteiger partial charge on any atom is -0.315 e. The summed E-state index contributed by atoms with van der Waals surface area (Å²) in [4.78, 5) is 4.59. The van der Waals surface area contributed by atoms with Crippen LogP contribution in [0.5, 0.6) is 0 Å². The molecule has 0 heterocycles. The lowest BCUT2D eigenvalue weighted by Crippen LogP contribution is -2.20. The first-order chi connectivity index (χ1) is 23.5. The predicted octanol–water partition coefficient (Wildman–Crippen LogP) is 13.1. The zero-order valence-corrected chi connectivity index (χ0v) is 29.9. The average molecular weight is 639 g/mol. The molecule has 2 aliphatic carbocycles. The minimum atomic E-state index is -0.165. The molecule has 0 saturated heterocycles. The number of rotatable bonds is 8. The van der Waals surface area contributed by atoms with Crippen LogP contribution in [0.1, 0.15) is 69.4 Å². The van der Waals surface area contributed by atoms with Crippen LogP contribution in [0.25, 0.3) is 22.3 Å². The first kappa shape index (κ1) is 32.2. The van der Waals surface area contributed by atoms with Crippen LogP contribution in [0.3, 0.4) is 0 Å². The van der Waals surface area contributed by atoms with Crippen LogP contribution in [0.4, 0.5) is 22.7 Å². The van der Waals surface area contributed by atoms with E-state index in [0.717, 1.165) is 22.8 Å². The molecule has 0 atom stereocenters. The van der Waals surface area contributed by atoms with Gasteiger partial charge in [0, 0.05) is 45.0 Å². The Morgan fingerprint density at radius 2 is 1.14 bits per heavy atom. The van der Waals surface area contributed by atoms with Crippen molar-refractivity contribution in [2.75, 3.05) is 9.80 Å². The quantitative estimate of drug-likeness (QED) is 0.156. The number of anilines is 4. The lowest BCUT2D eigenvalue weighted by atomic mass is 9.79.